The van der Waals surface area contributed by atoms with Crippen molar-refractivity contribution in [2.24, 2.45) is 0 Å². The molecule has 1 aromatic heterocycles. The van der Waals surface area contributed by atoms with Crippen LogP contribution in [-0.2, 0) is 0 Å². The van der Waals surface area contributed by atoms with Crippen LogP contribution in [0.25, 0.3) is 120 Å². The largest absolute Gasteiger partial charge is 0.456 e. The van der Waals surface area contributed by atoms with Crippen LogP contribution in [0.15, 0.2) is 199 Å². The minimum absolute atomic E-state index is 0.916. The predicted octanol–water partition coefficient (Wildman–Crippen LogP) is 15.5. The summed E-state index contributed by atoms with van der Waals surface area (Å²) in [5.41, 5.74) is 9.17. The molecule has 0 saturated heterocycles. The molecular weight excluding hydrogens is 665 g/mol. The van der Waals surface area contributed by atoms with Crippen LogP contribution < -0.4 is 0 Å². The molecule has 1 nitrogen and oxygen atoms in total. The molecular formula is C54H32O. The molecule has 1 heteroatoms. The molecule has 55 heavy (non-hydrogen) atoms. The third-order valence-electron chi connectivity index (χ3n) is 11.8. The van der Waals surface area contributed by atoms with Crippen molar-refractivity contribution in [3.63, 3.8) is 0 Å². The normalized spacial score (nSPS) is 12.0. The molecule has 0 unspecified atom stereocenters. The monoisotopic (exact) mass is 696 g/mol. The van der Waals surface area contributed by atoms with Crippen molar-refractivity contribution in [1.82, 2.24) is 0 Å². The van der Waals surface area contributed by atoms with Gasteiger partial charge in [0.15, 0.2) is 0 Å². The first-order valence-corrected chi connectivity index (χ1v) is 19.0. The van der Waals surface area contributed by atoms with Gasteiger partial charge in [0.1, 0.15) is 11.2 Å². The average Bonchev–Trinajstić information content (AvgIpc) is 3.64. The molecule has 0 bridgehead atoms. The van der Waals surface area contributed by atoms with Crippen molar-refractivity contribution in [3.05, 3.63) is 194 Å². The molecule has 12 aromatic rings. The zero-order valence-corrected chi connectivity index (χ0v) is 29.9. The van der Waals surface area contributed by atoms with E-state index in [1.165, 1.54) is 98.0 Å². The third-order valence-corrected chi connectivity index (χ3v) is 11.8. The van der Waals surface area contributed by atoms with Gasteiger partial charge >= 0.3 is 0 Å². The maximum atomic E-state index is 6.17. The number of rotatable bonds is 3. The van der Waals surface area contributed by atoms with E-state index < -0.39 is 0 Å². The van der Waals surface area contributed by atoms with Crippen LogP contribution in [0.5, 0.6) is 0 Å². The maximum absolute atomic E-state index is 6.17. The highest BCUT2D eigenvalue weighted by atomic mass is 16.3. The lowest BCUT2D eigenvalue weighted by Gasteiger charge is -2.18. The second-order valence-electron chi connectivity index (χ2n) is 14.7. The first kappa shape index (κ1) is 30.3. The fourth-order valence-corrected chi connectivity index (χ4v) is 9.36. The summed E-state index contributed by atoms with van der Waals surface area (Å²) in [4.78, 5) is 0. The highest BCUT2D eigenvalue weighted by molar-refractivity contribution is 6.39. The zero-order chi connectivity index (χ0) is 36.0. The molecule has 0 fully saturated rings. The Labute approximate surface area is 317 Å². The fourth-order valence-electron chi connectivity index (χ4n) is 9.36. The Morgan fingerprint density at radius 1 is 0.218 bits per heavy atom. The van der Waals surface area contributed by atoms with Crippen molar-refractivity contribution in [1.29, 1.82) is 0 Å². The molecule has 0 N–H and O–H groups in total. The van der Waals surface area contributed by atoms with Crippen molar-refractivity contribution < 1.29 is 4.42 Å². The van der Waals surface area contributed by atoms with Gasteiger partial charge in [0.25, 0.3) is 0 Å². The summed E-state index contributed by atoms with van der Waals surface area (Å²) >= 11 is 0. The highest BCUT2D eigenvalue weighted by Crippen LogP contribution is 2.46. The van der Waals surface area contributed by atoms with Crippen LogP contribution in [0.1, 0.15) is 0 Å². The maximum Gasteiger partial charge on any atom is 0.135 e. The summed E-state index contributed by atoms with van der Waals surface area (Å²) in [5.74, 6) is 0. The van der Waals surface area contributed by atoms with E-state index in [1.807, 2.05) is 12.1 Å². The van der Waals surface area contributed by atoms with Crippen LogP contribution >= 0.6 is 0 Å². The fraction of sp³-hybridized carbons (Fsp3) is 0. The molecule has 1 heterocycles. The molecule has 11 aromatic carbocycles. The van der Waals surface area contributed by atoms with Crippen LogP contribution in [0, 0.1) is 0 Å². The van der Waals surface area contributed by atoms with Crippen molar-refractivity contribution in [3.8, 4) is 33.4 Å². The summed E-state index contributed by atoms with van der Waals surface area (Å²) in [6.07, 6.45) is 0. The van der Waals surface area contributed by atoms with E-state index in [0.717, 1.165) is 21.9 Å². The number of benzene rings is 11. The first-order valence-electron chi connectivity index (χ1n) is 19.0. The van der Waals surface area contributed by atoms with E-state index in [-0.39, 0.29) is 0 Å². The van der Waals surface area contributed by atoms with Gasteiger partial charge in [-0.3, -0.25) is 0 Å². The van der Waals surface area contributed by atoms with Gasteiger partial charge in [-0.1, -0.05) is 164 Å². The Morgan fingerprint density at radius 2 is 0.655 bits per heavy atom. The summed E-state index contributed by atoms with van der Waals surface area (Å²) in [6.45, 7) is 0. The van der Waals surface area contributed by atoms with Gasteiger partial charge in [-0.2, -0.15) is 0 Å². The van der Waals surface area contributed by atoms with Gasteiger partial charge in [-0.15, -0.1) is 0 Å². The molecule has 254 valence electrons. The van der Waals surface area contributed by atoms with Crippen molar-refractivity contribution in [2.45, 2.75) is 0 Å². The van der Waals surface area contributed by atoms with E-state index in [4.69, 9.17) is 4.42 Å². The topological polar surface area (TPSA) is 13.1 Å². The SMILES string of the molecule is c1ccc(-c2ccc3c(c2)c2ccccc2c2c4ccc(-c5cccc6c(-c7ccc8oc9ccccc9c8c7)cccc56)cc4c4ccccc4c32)cc1. The van der Waals surface area contributed by atoms with E-state index in [2.05, 4.69) is 182 Å². The summed E-state index contributed by atoms with van der Waals surface area (Å²) < 4.78 is 6.17. The second kappa shape index (κ2) is 11.6. The Hall–Kier alpha value is -7.22. The van der Waals surface area contributed by atoms with Gasteiger partial charge in [0.2, 0.25) is 0 Å². The lowest BCUT2D eigenvalue weighted by molar-refractivity contribution is 0.669. The lowest BCUT2D eigenvalue weighted by Crippen LogP contribution is -1.90. The van der Waals surface area contributed by atoms with Crippen molar-refractivity contribution in [2.75, 3.05) is 0 Å². The Kier molecular flexibility index (Phi) is 6.40. The van der Waals surface area contributed by atoms with Crippen LogP contribution in [0.4, 0.5) is 0 Å². The minimum atomic E-state index is 0.916. The van der Waals surface area contributed by atoms with Gasteiger partial charge in [-0.25, -0.2) is 0 Å². The third kappa shape index (κ3) is 4.48. The van der Waals surface area contributed by atoms with Crippen LogP contribution in [0.2, 0.25) is 0 Å². The standard InChI is InChI=1S/C54H32O/c1-2-12-33(13-3-1)34-24-27-46-48(30-34)41-14-4-6-17-44(41)54-47-28-25-35(31-49(47)42-15-5-7-18-45(42)53(46)54)37-19-10-22-40-38(20-11-21-39(37)40)36-26-29-52-50(32-36)43-16-8-9-23-51(43)55-52/h1-32H. The molecule has 0 aliphatic heterocycles. The Morgan fingerprint density at radius 3 is 1.29 bits per heavy atom. The van der Waals surface area contributed by atoms with Crippen molar-refractivity contribution >= 4 is 86.6 Å². The smallest absolute Gasteiger partial charge is 0.135 e. The van der Waals surface area contributed by atoms with Gasteiger partial charge in [0, 0.05) is 10.8 Å². The lowest BCUT2D eigenvalue weighted by atomic mass is 9.85. The zero-order valence-electron chi connectivity index (χ0n) is 29.9. The molecule has 0 spiro atoms. The summed E-state index contributed by atoms with van der Waals surface area (Å²) in [7, 11) is 0. The Balaban J connectivity index is 1.10. The van der Waals surface area contributed by atoms with E-state index in [0.29, 0.717) is 0 Å². The number of para-hydroxylation sites is 1. The molecule has 0 amide bonds. The molecule has 12 rings (SSSR count). The number of hydrogen-bond acceptors (Lipinski definition) is 1. The number of furan rings is 1. The summed E-state index contributed by atoms with van der Waals surface area (Å²) in [6, 6.07) is 71.2. The minimum Gasteiger partial charge on any atom is -0.456 e. The number of hydrogen-bond donors (Lipinski definition) is 0. The first-order chi connectivity index (χ1) is 27.3. The second-order valence-corrected chi connectivity index (χ2v) is 14.7. The van der Waals surface area contributed by atoms with Crippen LogP contribution in [-0.4, -0.2) is 0 Å². The number of fused-ring (bicyclic) bond motifs is 15. The average molecular weight is 697 g/mol. The van der Waals surface area contributed by atoms with Crippen LogP contribution in [0.3, 0.4) is 0 Å². The predicted molar refractivity (Wildman–Crippen MR) is 235 cm³/mol. The van der Waals surface area contributed by atoms with E-state index >= 15 is 0 Å². The molecule has 0 aliphatic carbocycles. The van der Waals surface area contributed by atoms with E-state index in [9.17, 15) is 0 Å². The molecule has 0 atom stereocenters. The summed E-state index contributed by atoms with van der Waals surface area (Å²) in [5, 5.41) is 17.7. The molecule has 0 saturated carbocycles. The van der Waals surface area contributed by atoms with Gasteiger partial charge in [0.05, 0.1) is 0 Å². The molecule has 0 radical (unpaired) electrons. The van der Waals surface area contributed by atoms with Gasteiger partial charge in [-0.05, 0) is 128 Å². The van der Waals surface area contributed by atoms with Gasteiger partial charge < -0.3 is 4.42 Å². The quantitative estimate of drug-likeness (QED) is 0.168. The molecule has 0 aliphatic rings. The highest BCUT2D eigenvalue weighted by Gasteiger charge is 2.18. The Bertz CT molecular complexity index is 3530. The van der Waals surface area contributed by atoms with E-state index in [1.54, 1.807) is 0 Å².